The smallest absolute Gasteiger partial charge is 0.271 e. The highest BCUT2D eigenvalue weighted by atomic mass is 16.1. The molecule has 0 radical (unpaired) electrons. The molecule has 0 spiro atoms. The maximum atomic E-state index is 11.9. The maximum absolute atomic E-state index is 11.9. The van der Waals surface area contributed by atoms with Crippen molar-refractivity contribution >= 4 is 5.91 Å². The summed E-state index contributed by atoms with van der Waals surface area (Å²) in [6, 6.07) is 10.0. The number of nitrogens with one attached hydrogen (secondary N) is 1. The number of amides is 1. The van der Waals surface area contributed by atoms with Crippen molar-refractivity contribution in [3.8, 4) is 5.69 Å². The number of carbonyl (C=O) groups is 1. The van der Waals surface area contributed by atoms with E-state index in [2.05, 4.69) is 20.3 Å². The Labute approximate surface area is 134 Å². The Balaban J connectivity index is 1.60. The summed E-state index contributed by atoms with van der Waals surface area (Å²) in [6.45, 7) is 2.47. The van der Waals surface area contributed by atoms with Crippen LogP contribution in [-0.4, -0.2) is 32.0 Å². The molecule has 0 fully saturated rings. The van der Waals surface area contributed by atoms with Crippen LogP contribution in [0.5, 0.6) is 0 Å². The molecule has 2 heterocycles. The number of benzene rings is 1. The lowest BCUT2D eigenvalue weighted by molar-refractivity contribution is 0.0948. The van der Waals surface area contributed by atoms with Gasteiger partial charge in [0.05, 0.1) is 11.9 Å². The van der Waals surface area contributed by atoms with Gasteiger partial charge in [-0.15, -0.1) is 0 Å². The summed E-state index contributed by atoms with van der Waals surface area (Å²) in [6.07, 6.45) is 7.14. The van der Waals surface area contributed by atoms with Crippen LogP contribution in [0.2, 0.25) is 0 Å². The van der Waals surface area contributed by atoms with Gasteiger partial charge in [-0.2, -0.15) is 0 Å². The Kier molecular flexibility index (Phi) is 4.42. The molecule has 3 rings (SSSR count). The van der Waals surface area contributed by atoms with Crippen LogP contribution in [0.15, 0.2) is 55.1 Å². The Hall–Kier alpha value is -3.02. The standard InChI is InChI=1S/C17H17N5O/c1-13-21-14(12-22(13)15-5-3-2-4-6-15)7-8-20-17(23)16-11-18-9-10-19-16/h2-6,9-12H,7-8H2,1H3,(H,20,23). The number of rotatable bonds is 5. The molecular weight excluding hydrogens is 290 g/mol. The molecule has 0 aliphatic carbocycles. The Morgan fingerprint density at radius 3 is 2.78 bits per heavy atom. The lowest BCUT2D eigenvalue weighted by Gasteiger charge is -2.03. The molecule has 6 heteroatoms. The molecule has 1 amide bonds. The van der Waals surface area contributed by atoms with Gasteiger partial charge in [0.25, 0.3) is 5.91 Å². The normalized spacial score (nSPS) is 10.5. The Morgan fingerprint density at radius 2 is 2.04 bits per heavy atom. The van der Waals surface area contributed by atoms with Crippen molar-refractivity contribution in [2.75, 3.05) is 6.54 Å². The van der Waals surface area contributed by atoms with Crippen LogP contribution in [0.4, 0.5) is 0 Å². The molecule has 6 nitrogen and oxygen atoms in total. The number of nitrogens with zero attached hydrogens (tertiary/aromatic N) is 4. The fraction of sp³-hybridized carbons (Fsp3) is 0.176. The highest BCUT2D eigenvalue weighted by Gasteiger charge is 2.08. The summed E-state index contributed by atoms with van der Waals surface area (Å²) >= 11 is 0. The number of para-hydroxylation sites is 1. The quantitative estimate of drug-likeness (QED) is 0.782. The van der Waals surface area contributed by atoms with Crippen LogP contribution in [0.25, 0.3) is 5.69 Å². The zero-order valence-corrected chi connectivity index (χ0v) is 12.8. The lowest BCUT2D eigenvalue weighted by atomic mass is 10.3. The third kappa shape index (κ3) is 3.60. The second-order valence-corrected chi connectivity index (χ2v) is 5.08. The number of hydrogen-bond acceptors (Lipinski definition) is 4. The van der Waals surface area contributed by atoms with Gasteiger partial charge >= 0.3 is 0 Å². The zero-order valence-electron chi connectivity index (χ0n) is 12.8. The third-order valence-electron chi connectivity index (χ3n) is 3.43. The van der Waals surface area contributed by atoms with Gasteiger partial charge in [0, 0.05) is 37.2 Å². The number of aromatic nitrogens is 4. The summed E-state index contributed by atoms with van der Waals surface area (Å²) in [5.74, 6) is 0.698. The summed E-state index contributed by atoms with van der Waals surface area (Å²) in [7, 11) is 0. The first-order valence-electron chi connectivity index (χ1n) is 7.38. The van der Waals surface area contributed by atoms with E-state index >= 15 is 0 Å². The number of hydrogen-bond donors (Lipinski definition) is 1. The number of aryl methyl sites for hydroxylation is 1. The molecular formula is C17H17N5O. The van der Waals surface area contributed by atoms with Crippen LogP contribution in [0.1, 0.15) is 22.0 Å². The first kappa shape index (κ1) is 14.9. The SMILES string of the molecule is Cc1nc(CCNC(=O)c2cnccn2)cn1-c1ccccc1. The maximum Gasteiger partial charge on any atom is 0.271 e. The molecule has 1 N–H and O–H groups in total. The van der Waals surface area contributed by atoms with Crippen molar-refractivity contribution in [3.05, 3.63) is 72.3 Å². The van der Waals surface area contributed by atoms with E-state index in [-0.39, 0.29) is 5.91 Å². The van der Waals surface area contributed by atoms with Gasteiger partial charge in [0.2, 0.25) is 0 Å². The van der Waals surface area contributed by atoms with Gasteiger partial charge in [-0.25, -0.2) is 9.97 Å². The Morgan fingerprint density at radius 1 is 1.22 bits per heavy atom. The number of imidazole rings is 1. The van der Waals surface area contributed by atoms with Crippen LogP contribution < -0.4 is 5.32 Å². The van der Waals surface area contributed by atoms with Crippen LogP contribution in [-0.2, 0) is 6.42 Å². The summed E-state index contributed by atoms with van der Waals surface area (Å²) in [4.78, 5) is 24.3. The molecule has 0 aliphatic rings. The van der Waals surface area contributed by atoms with E-state index in [1.54, 1.807) is 0 Å². The first-order chi connectivity index (χ1) is 11.2. The average Bonchev–Trinajstić information content (AvgIpc) is 2.97. The van der Waals surface area contributed by atoms with Gasteiger partial charge in [-0.1, -0.05) is 18.2 Å². The van der Waals surface area contributed by atoms with E-state index < -0.39 is 0 Å². The van der Waals surface area contributed by atoms with Crippen molar-refractivity contribution in [3.63, 3.8) is 0 Å². The van der Waals surface area contributed by atoms with Crippen molar-refractivity contribution in [2.45, 2.75) is 13.3 Å². The van der Waals surface area contributed by atoms with E-state index in [1.165, 1.54) is 18.6 Å². The van der Waals surface area contributed by atoms with Crippen LogP contribution in [0.3, 0.4) is 0 Å². The predicted molar refractivity (Wildman–Crippen MR) is 86.4 cm³/mol. The summed E-state index contributed by atoms with van der Waals surface area (Å²) in [5, 5.41) is 2.83. The summed E-state index contributed by atoms with van der Waals surface area (Å²) < 4.78 is 2.04. The van der Waals surface area contributed by atoms with Crippen molar-refractivity contribution < 1.29 is 4.79 Å². The second kappa shape index (κ2) is 6.83. The molecule has 0 saturated carbocycles. The molecule has 3 aromatic rings. The monoisotopic (exact) mass is 307 g/mol. The molecule has 0 aliphatic heterocycles. The molecule has 0 saturated heterocycles. The molecule has 116 valence electrons. The molecule has 23 heavy (non-hydrogen) atoms. The third-order valence-corrected chi connectivity index (χ3v) is 3.43. The fourth-order valence-electron chi connectivity index (χ4n) is 2.31. The van der Waals surface area contributed by atoms with Crippen molar-refractivity contribution in [2.24, 2.45) is 0 Å². The second-order valence-electron chi connectivity index (χ2n) is 5.08. The molecule has 0 atom stereocenters. The predicted octanol–water partition coefficient (Wildman–Crippen LogP) is 1.94. The highest BCUT2D eigenvalue weighted by Crippen LogP contribution is 2.12. The van der Waals surface area contributed by atoms with Crippen LogP contribution >= 0.6 is 0 Å². The van der Waals surface area contributed by atoms with Crippen molar-refractivity contribution in [1.29, 1.82) is 0 Å². The fourth-order valence-corrected chi connectivity index (χ4v) is 2.31. The molecule has 0 unspecified atom stereocenters. The molecule has 0 bridgehead atoms. The average molecular weight is 307 g/mol. The molecule has 2 aromatic heterocycles. The zero-order chi connectivity index (χ0) is 16.1. The topological polar surface area (TPSA) is 72.7 Å². The van der Waals surface area contributed by atoms with E-state index in [0.717, 1.165) is 17.2 Å². The van der Waals surface area contributed by atoms with Gasteiger partial charge in [0.1, 0.15) is 11.5 Å². The lowest BCUT2D eigenvalue weighted by Crippen LogP contribution is -2.26. The van der Waals surface area contributed by atoms with Crippen LogP contribution in [0, 0.1) is 6.92 Å². The van der Waals surface area contributed by atoms with Gasteiger partial charge < -0.3 is 9.88 Å². The van der Waals surface area contributed by atoms with Gasteiger partial charge in [-0.05, 0) is 19.1 Å². The van der Waals surface area contributed by atoms with E-state index in [9.17, 15) is 4.79 Å². The Bertz CT molecular complexity index is 783. The minimum absolute atomic E-state index is 0.225. The first-order valence-corrected chi connectivity index (χ1v) is 7.38. The van der Waals surface area contributed by atoms with Gasteiger partial charge in [-0.3, -0.25) is 9.78 Å². The minimum Gasteiger partial charge on any atom is -0.350 e. The highest BCUT2D eigenvalue weighted by molar-refractivity contribution is 5.91. The minimum atomic E-state index is -0.225. The van der Waals surface area contributed by atoms with Crippen molar-refractivity contribution in [1.82, 2.24) is 24.8 Å². The molecule has 1 aromatic carbocycles. The summed E-state index contributed by atoms with van der Waals surface area (Å²) in [5.41, 5.74) is 2.33. The largest absolute Gasteiger partial charge is 0.350 e. The van der Waals surface area contributed by atoms with E-state index in [1.807, 2.05) is 48.0 Å². The van der Waals surface area contributed by atoms with E-state index in [4.69, 9.17) is 0 Å². The van der Waals surface area contributed by atoms with E-state index in [0.29, 0.717) is 18.7 Å². The number of carbonyl (C=O) groups excluding carboxylic acids is 1. The van der Waals surface area contributed by atoms with Gasteiger partial charge in [0.15, 0.2) is 0 Å².